The van der Waals surface area contributed by atoms with E-state index in [0.29, 0.717) is 0 Å². The van der Waals surface area contributed by atoms with Gasteiger partial charge in [-0.15, -0.1) is 0 Å². The largest absolute Gasteiger partial charge is 0.497 e. The zero-order valence-electron chi connectivity index (χ0n) is 10.2. The molecule has 2 aromatic rings. The molecule has 1 aromatic carbocycles. The molecule has 0 aliphatic heterocycles. The molecule has 90 valence electrons. The Morgan fingerprint density at radius 2 is 2.29 bits per heavy atom. The molecule has 0 spiro atoms. The van der Waals surface area contributed by atoms with E-state index in [4.69, 9.17) is 4.74 Å². The van der Waals surface area contributed by atoms with Crippen LogP contribution in [0.4, 0.5) is 5.69 Å². The summed E-state index contributed by atoms with van der Waals surface area (Å²) in [5.74, 6) is 0.872. The van der Waals surface area contributed by atoms with Crippen LogP contribution in [0.5, 0.6) is 5.75 Å². The normalized spacial score (nSPS) is 10.2. The highest BCUT2D eigenvalue weighted by Crippen LogP contribution is 2.21. The van der Waals surface area contributed by atoms with Gasteiger partial charge in [-0.1, -0.05) is 6.07 Å². The number of nitrogens with zero attached hydrogens (tertiary/aromatic N) is 2. The maximum Gasteiger partial charge on any atom is 0.120 e. The average molecular weight is 231 g/mol. The summed E-state index contributed by atoms with van der Waals surface area (Å²) in [5.41, 5.74) is 2.32. The van der Waals surface area contributed by atoms with E-state index >= 15 is 0 Å². The molecule has 0 amide bonds. The molecule has 4 nitrogen and oxygen atoms in total. The van der Waals surface area contributed by atoms with Crippen LogP contribution in [0.3, 0.4) is 0 Å². The Labute approximate surface area is 101 Å². The van der Waals surface area contributed by atoms with E-state index < -0.39 is 0 Å². The lowest BCUT2D eigenvalue weighted by Crippen LogP contribution is -2.11. The Hall–Kier alpha value is -1.97. The Balaban J connectivity index is 1.94. The smallest absolute Gasteiger partial charge is 0.120 e. The molecule has 0 saturated carbocycles. The minimum atomic E-state index is 0.843. The quantitative estimate of drug-likeness (QED) is 0.858. The number of hydrogen-bond donors (Lipinski definition) is 1. The van der Waals surface area contributed by atoms with E-state index in [9.17, 15) is 0 Å². The van der Waals surface area contributed by atoms with E-state index in [2.05, 4.69) is 23.4 Å². The summed E-state index contributed by atoms with van der Waals surface area (Å²) in [6, 6.07) is 7.96. The first-order valence-electron chi connectivity index (χ1n) is 5.65. The van der Waals surface area contributed by atoms with Crippen molar-refractivity contribution < 1.29 is 4.74 Å². The summed E-state index contributed by atoms with van der Waals surface area (Å²) in [7, 11) is 1.68. The lowest BCUT2D eigenvalue weighted by molar-refractivity contribution is 0.415. The Bertz CT molecular complexity index is 466. The van der Waals surface area contributed by atoms with Gasteiger partial charge in [-0.2, -0.15) is 5.10 Å². The summed E-state index contributed by atoms with van der Waals surface area (Å²) in [6.45, 7) is 3.77. The van der Waals surface area contributed by atoms with E-state index in [1.807, 2.05) is 29.1 Å². The first-order chi connectivity index (χ1) is 8.29. The fourth-order valence-corrected chi connectivity index (χ4v) is 1.66. The number of aromatic nitrogens is 2. The molecule has 0 saturated heterocycles. The maximum absolute atomic E-state index is 5.20. The second kappa shape index (κ2) is 5.39. The average Bonchev–Trinajstić information content (AvgIpc) is 2.84. The summed E-state index contributed by atoms with van der Waals surface area (Å²) in [4.78, 5) is 0. The van der Waals surface area contributed by atoms with Crippen molar-refractivity contribution in [3.05, 3.63) is 42.2 Å². The van der Waals surface area contributed by atoms with Gasteiger partial charge in [0, 0.05) is 30.7 Å². The molecule has 0 fully saturated rings. The van der Waals surface area contributed by atoms with E-state index in [1.54, 1.807) is 13.3 Å². The van der Waals surface area contributed by atoms with Crippen molar-refractivity contribution in [3.8, 4) is 5.75 Å². The molecule has 0 unspecified atom stereocenters. The molecule has 0 aliphatic rings. The number of aryl methyl sites for hydroxylation is 1. The number of ether oxygens (including phenoxy) is 1. The zero-order chi connectivity index (χ0) is 12.1. The zero-order valence-corrected chi connectivity index (χ0v) is 10.2. The van der Waals surface area contributed by atoms with Gasteiger partial charge in [-0.05, 0) is 24.6 Å². The molecule has 0 radical (unpaired) electrons. The van der Waals surface area contributed by atoms with Gasteiger partial charge in [-0.3, -0.25) is 4.68 Å². The second-order valence-electron chi connectivity index (χ2n) is 3.88. The lowest BCUT2D eigenvalue weighted by atomic mass is 10.2. The highest BCUT2D eigenvalue weighted by molar-refractivity contribution is 5.54. The van der Waals surface area contributed by atoms with Crippen LogP contribution in [0, 0.1) is 6.92 Å². The third-order valence-electron chi connectivity index (χ3n) is 2.66. The van der Waals surface area contributed by atoms with E-state index in [-0.39, 0.29) is 0 Å². The fourth-order valence-electron chi connectivity index (χ4n) is 1.66. The molecule has 1 N–H and O–H groups in total. The SMILES string of the molecule is COc1ccc(C)c(NCCn2cccn2)c1. The van der Waals surface area contributed by atoms with E-state index in [1.165, 1.54) is 5.56 Å². The third-order valence-corrected chi connectivity index (χ3v) is 2.66. The van der Waals surface area contributed by atoms with Crippen LogP contribution in [0.1, 0.15) is 5.56 Å². The molecular formula is C13H17N3O. The summed E-state index contributed by atoms with van der Waals surface area (Å²) >= 11 is 0. The number of hydrogen-bond acceptors (Lipinski definition) is 3. The highest BCUT2D eigenvalue weighted by Gasteiger charge is 2.00. The van der Waals surface area contributed by atoms with Crippen LogP contribution in [-0.2, 0) is 6.54 Å². The Morgan fingerprint density at radius 1 is 1.41 bits per heavy atom. The summed E-state index contributed by atoms with van der Waals surface area (Å²) in [5, 5.41) is 7.54. The predicted molar refractivity (Wildman–Crippen MR) is 68.4 cm³/mol. The van der Waals surface area contributed by atoms with Crippen LogP contribution < -0.4 is 10.1 Å². The first kappa shape index (κ1) is 11.5. The molecule has 0 aliphatic carbocycles. The van der Waals surface area contributed by atoms with Crippen LogP contribution in [-0.4, -0.2) is 23.4 Å². The first-order valence-corrected chi connectivity index (χ1v) is 5.65. The predicted octanol–water partition coefficient (Wildman–Crippen LogP) is 2.31. The minimum Gasteiger partial charge on any atom is -0.497 e. The van der Waals surface area contributed by atoms with Crippen molar-refractivity contribution in [2.45, 2.75) is 13.5 Å². The minimum absolute atomic E-state index is 0.843. The summed E-state index contributed by atoms with van der Waals surface area (Å²) < 4.78 is 7.11. The van der Waals surface area contributed by atoms with Gasteiger partial charge < -0.3 is 10.1 Å². The number of benzene rings is 1. The van der Waals surface area contributed by atoms with Crippen LogP contribution >= 0.6 is 0 Å². The van der Waals surface area contributed by atoms with Gasteiger partial charge in [0.25, 0.3) is 0 Å². The van der Waals surface area contributed by atoms with Crippen LogP contribution in [0.25, 0.3) is 0 Å². The molecule has 1 heterocycles. The number of nitrogens with one attached hydrogen (secondary N) is 1. The molecule has 0 bridgehead atoms. The number of anilines is 1. The van der Waals surface area contributed by atoms with Crippen molar-refractivity contribution in [2.24, 2.45) is 0 Å². The Kier molecular flexibility index (Phi) is 3.65. The van der Waals surface area contributed by atoms with Gasteiger partial charge >= 0.3 is 0 Å². The van der Waals surface area contributed by atoms with E-state index in [0.717, 1.165) is 24.5 Å². The van der Waals surface area contributed by atoms with Crippen molar-refractivity contribution >= 4 is 5.69 Å². The fraction of sp³-hybridized carbons (Fsp3) is 0.308. The Morgan fingerprint density at radius 3 is 3.00 bits per heavy atom. The molecule has 2 rings (SSSR count). The highest BCUT2D eigenvalue weighted by atomic mass is 16.5. The van der Waals surface area contributed by atoms with Crippen molar-refractivity contribution in [3.63, 3.8) is 0 Å². The second-order valence-corrected chi connectivity index (χ2v) is 3.88. The number of methoxy groups -OCH3 is 1. The van der Waals surface area contributed by atoms with Crippen LogP contribution in [0.2, 0.25) is 0 Å². The molecule has 17 heavy (non-hydrogen) atoms. The number of rotatable bonds is 5. The molecule has 0 atom stereocenters. The van der Waals surface area contributed by atoms with Gasteiger partial charge in [0.15, 0.2) is 0 Å². The monoisotopic (exact) mass is 231 g/mol. The maximum atomic E-state index is 5.20. The van der Waals surface area contributed by atoms with Crippen LogP contribution in [0.15, 0.2) is 36.7 Å². The molecular weight excluding hydrogens is 214 g/mol. The van der Waals surface area contributed by atoms with Crippen molar-refractivity contribution in [1.29, 1.82) is 0 Å². The standard InChI is InChI=1S/C13H17N3O/c1-11-4-5-12(17-2)10-13(11)14-7-9-16-8-3-6-15-16/h3-6,8,10,14H,7,9H2,1-2H3. The van der Waals surface area contributed by atoms with Gasteiger partial charge in [-0.25, -0.2) is 0 Å². The molecule has 4 heteroatoms. The molecule has 1 aromatic heterocycles. The topological polar surface area (TPSA) is 39.1 Å². The van der Waals surface area contributed by atoms with Gasteiger partial charge in [0.1, 0.15) is 5.75 Å². The van der Waals surface area contributed by atoms with Crippen molar-refractivity contribution in [2.75, 3.05) is 19.0 Å². The third kappa shape index (κ3) is 3.00. The van der Waals surface area contributed by atoms with Crippen molar-refractivity contribution in [1.82, 2.24) is 9.78 Å². The van der Waals surface area contributed by atoms with Gasteiger partial charge in [0.05, 0.1) is 13.7 Å². The lowest BCUT2D eigenvalue weighted by Gasteiger charge is -2.11. The van der Waals surface area contributed by atoms with Gasteiger partial charge in [0.2, 0.25) is 0 Å². The summed E-state index contributed by atoms with van der Waals surface area (Å²) in [6.07, 6.45) is 3.75.